The summed E-state index contributed by atoms with van der Waals surface area (Å²) < 4.78 is 5.68. The molecular formula is C19H25ClN2O3. The van der Waals surface area contributed by atoms with Gasteiger partial charge >= 0.3 is 0 Å². The third kappa shape index (κ3) is 4.09. The fourth-order valence-electron chi connectivity index (χ4n) is 3.67. The predicted octanol–water partition coefficient (Wildman–Crippen LogP) is 3.86. The van der Waals surface area contributed by atoms with E-state index < -0.39 is 0 Å². The second kappa shape index (κ2) is 8.09. The van der Waals surface area contributed by atoms with Gasteiger partial charge in [-0.25, -0.2) is 0 Å². The number of nitrogens with zero attached hydrogens (tertiary/aromatic N) is 1. The van der Waals surface area contributed by atoms with Crippen LogP contribution in [0.5, 0.6) is 5.75 Å². The van der Waals surface area contributed by atoms with E-state index in [0.29, 0.717) is 35.7 Å². The van der Waals surface area contributed by atoms with E-state index in [4.69, 9.17) is 16.3 Å². The number of anilines is 1. The summed E-state index contributed by atoms with van der Waals surface area (Å²) in [6.07, 6.45) is 5.60. The first kappa shape index (κ1) is 18.1. The van der Waals surface area contributed by atoms with Gasteiger partial charge in [-0.3, -0.25) is 9.59 Å². The summed E-state index contributed by atoms with van der Waals surface area (Å²) in [4.78, 5) is 26.9. The SMILES string of the molecule is CCCOc1c(Cl)cccc1NC(=O)C1CC(=O)N(C2CCCC2)C1. The number of ether oxygens (including phenoxy) is 1. The molecule has 1 aliphatic carbocycles. The molecule has 6 heteroatoms. The normalized spacial score (nSPS) is 21.0. The molecule has 0 bridgehead atoms. The van der Waals surface area contributed by atoms with Crippen LogP contribution in [0.1, 0.15) is 45.4 Å². The number of benzene rings is 1. The molecule has 136 valence electrons. The summed E-state index contributed by atoms with van der Waals surface area (Å²) in [5.41, 5.74) is 0.567. The summed E-state index contributed by atoms with van der Waals surface area (Å²) in [7, 11) is 0. The first-order valence-electron chi connectivity index (χ1n) is 9.11. The third-order valence-corrected chi connectivity index (χ3v) is 5.27. The van der Waals surface area contributed by atoms with Crippen molar-refractivity contribution in [3.63, 3.8) is 0 Å². The van der Waals surface area contributed by atoms with Gasteiger partial charge in [0.05, 0.1) is 23.2 Å². The predicted molar refractivity (Wildman–Crippen MR) is 97.9 cm³/mol. The van der Waals surface area contributed by atoms with E-state index in [0.717, 1.165) is 19.3 Å². The van der Waals surface area contributed by atoms with Crippen molar-refractivity contribution in [3.8, 4) is 5.75 Å². The van der Waals surface area contributed by atoms with Gasteiger partial charge < -0.3 is 15.0 Å². The van der Waals surface area contributed by atoms with E-state index in [-0.39, 0.29) is 24.2 Å². The fourth-order valence-corrected chi connectivity index (χ4v) is 3.90. The van der Waals surface area contributed by atoms with E-state index in [9.17, 15) is 9.59 Å². The summed E-state index contributed by atoms with van der Waals surface area (Å²) in [5.74, 6) is 0.139. The van der Waals surface area contributed by atoms with Gasteiger partial charge in [-0.1, -0.05) is 37.4 Å². The number of carbonyl (C=O) groups is 2. The molecule has 1 heterocycles. The average molecular weight is 365 g/mol. The molecule has 0 spiro atoms. The van der Waals surface area contributed by atoms with Crippen molar-refractivity contribution in [2.24, 2.45) is 5.92 Å². The Bertz CT molecular complexity index is 644. The van der Waals surface area contributed by atoms with Gasteiger partial charge in [0, 0.05) is 19.0 Å². The lowest BCUT2D eigenvalue weighted by atomic mass is 10.1. The van der Waals surface area contributed by atoms with Gasteiger partial charge in [0.15, 0.2) is 5.75 Å². The minimum Gasteiger partial charge on any atom is -0.490 e. The van der Waals surface area contributed by atoms with Crippen LogP contribution in [0.2, 0.25) is 5.02 Å². The highest BCUT2D eigenvalue weighted by molar-refractivity contribution is 6.32. The van der Waals surface area contributed by atoms with E-state index in [1.54, 1.807) is 18.2 Å². The van der Waals surface area contributed by atoms with E-state index in [1.807, 2.05) is 11.8 Å². The highest BCUT2D eigenvalue weighted by atomic mass is 35.5. The molecular weight excluding hydrogens is 340 g/mol. The molecule has 0 radical (unpaired) electrons. The van der Waals surface area contributed by atoms with E-state index in [2.05, 4.69) is 5.32 Å². The fraction of sp³-hybridized carbons (Fsp3) is 0.579. The van der Waals surface area contributed by atoms with Crippen molar-refractivity contribution in [3.05, 3.63) is 23.2 Å². The Morgan fingerprint density at radius 3 is 2.84 bits per heavy atom. The molecule has 1 aromatic rings. The molecule has 1 aliphatic heterocycles. The molecule has 2 amide bonds. The van der Waals surface area contributed by atoms with Crippen molar-refractivity contribution in [1.82, 2.24) is 4.90 Å². The Morgan fingerprint density at radius 2 is 2.12 bits per heavy atom. The molecule has 1 aromatic carbocycles. The lowest BCUT2D eigenvalue weighted by Gasteiger charge is -2.24. The molecule has 0 aromatic heterocycles. The van der Waals surface area contributed by atoms with Crippen LogP contribution in [0.25, 0.3) is 0 Å². The number of amides is 2. The minimum absolute atomic E-state index is 0.0978. The number of likely N-dealkylation sites (tertiary alicyclic amines) is 1. The van der Waals surface area contributed by atoms with Crippen molar-refractivity contribution in [1.29, 1.82) is 0 Å². The van der Waals surface area contributed by atoms with E-state index in [1.165, 1.54) is 12.8 Å². The van der Waals surface area contributed by atoms with Crippen molar-refractivity contribution < 1.29 is 14.3 Å². The Morgan fingerprint density at radius 1 is 1.36 bits per heavy atom. The van der Waals surface area contributed by atoms with Gasteiger partial charge in [0.1, 0.15) is 0 Å². The Labute approximate surface area is 153 Å². The standard InChI is InChI=1S/C19H25ClN2O3/c1-2-10-25-18-15(20)8-5-9-16(18)21-19(24)13-11-17(23)22(12-13)14-6-3-4-7-14/h5,8-9,13-14H,2-4,6-7,10-12H2,1H3,(H,21,24). The molecule has 3 rings (SSSR count). The Hall–Kier alpha value is -1.75. The molecule has 2 aliphatic rings. The Balaban J connectivity index is 1.66. The largest absolute Gasteiger partial charge is 0.490 e. The summed E-state index contributed by atoms with van der Waals surface area (Å²) in [6, 6.07) is 5.62. The highest BCUT2D eigenvalue weighted by Gasteiger charge is 2.38. The van der Waals surface area contributed by atoms with Crippen LogP contribution in [0.3, 0.4) is 0 Å². The maximum atomic E-state index is 12.7. The first-order chi connectivity index (χ1) is 12.1. The van der Waals surface area contributed by atoms with Crippen LogP contribution in [-0.2, 0) is 9.59 Å². The second-order valence-corrected chi connectivity index (χ2v) is 7.25. The van der Waals surface area contributed by atoms with Crippen LogP contribution in [0.4, 0.5) is 5.69 Å². The number of hydrogen-bond acceptors (Lipinski definition) is 3. The van der Waals surface area contributed by atoms with Gasteiger partial charge in [-0.05, 0) is 31.4 Å². The van der Waals surface area contributed by atoms with Crippen LogP contribution in [-0.4, -0.2) is 35.9 Å². The lowest BCUT2D eigenvalue weighted by Crippen LogP contribution is -2.35. The van der Waals surface area contributed by atoms with Crippen molar-refractivity contribution in [2.75, 3.05) is 18.5 Å². The molecule has 1 unspecified atom stereocenters. The maximum Gasteiger partial charge on any atom is 0.229 e. The first-order valence-corrected chi connectivity index (χ1v) is 9.49. The van der Waals surface area contributed by atoms with Crippen LogP contribution in [0.15, 0.2) is 18.2 Å². The summed E-state index contributed by atoms with van der Waals surface area (Å²) in [5, 5.41) is 3.38. The molecule has 1 N–H and O–H groups in total. The number of halogens is 1. The van der Waals surface area contributed by atoms with Gasteiger partial charge in [0.25, 0.3) is 0 Å². The number of hydrogen-bond donors (Lipinski definition) is 1. The summed E-state index contributed by atoms with van der Waals surface area (Å²) >= 11 is 6.20. The van der Waals surface area contributed by atoms with E-state index >= 15 is 0 Å². The summed E-state index contributed by atoms with van der Waals surface area (Å²) in [6.45, 7) is 3.06. The number of rotatable bonds is 6. The number of carbonyl (C=O) groups excluding carboxylic acids is 2. The van der Waals surface area contributed by atoms with Gasteiger partial charge in [-0.2, -0.15) is 0 Å². The molecule has 1 atom stereocenters. The molecule has 2 fully saturated rings. The van der Waals surface area contributed by atoms with Crippen LogP contribution < -0.4 is 10.1 Å². The smallest absolute Gasteiger partial charge is 0.229 e. The number of nitrogens with one attached hydrogen (secondary N) is 1. The molecule has 25 heavy (non-hydrogen) atoms. The topological polar surface area (TPSA) is 58.6 Å². The molecule has 5 nitrogen and oxygen atoms in total. The third-order valence-electron chi connectivity index (χ3n) is 4.97. The monoisotopic (exact) mass is 364 g/mol. The quantitative estimate of drug-likeness (QED) is 0.833. The molecule has 1 saturated heterocycles. The minimum atomic E-state index is -0.314. The number of para-hydroxylation sites is 1. The van der Waals surface area contributed by atoms with Crippen molar-refractivity contribution >= 4 is 29.1 Å². The Kier molecular flexibility index (Phi) is 5.84. The molecule has 1 saturated carbocycles. The van der Waals surface area contributed by atoms with Crippen LogP contribution >= 0.6 is 11.6 Å². The van der Waals surface area contributed by atoms with Gasteiger partial charge in [-0.15, -0.1) is 0 Å². The zero-order chi connectivity index (χ0) is 17.8. The zero-order valence-corrected chi connectivity index (χ0v) is 15.3. The second-order valence-electron chi connectivity index (χ2n) is 6.84. The van der Waals surface area contributed by atoms with Gasteiger partial charge in [0.2, 0.25) is 11.8 Å². The highest BCUT2D eigenvalue weighted by Crippen LogP contribution is 2.34. The average Bonchev–Trinajstić information content (AvgIpc) is 3.23. The van der Waals surface area contributed by atoms with Crippen molar-refractivity contribution in [2.45, 2.75) is 51.5 Å². The lowest BCUT2D eigenvalue weighted by molar-refractivity contribution is -0.129. The maximum absolute atomic E-state index is 12.7. The zero-order valence-electron chi connectivity index (χ0n) is 14.6. The van der Waals surface area contributed by atoms with Crippen LogP contribution in [0, 0.1) is 5.92 Å².